The van der Waals surface area contributed by atoms with Gasteiger partial charge in [0, 0.05) is 0 Å². The van der Waals surface area contributed by atoms with Gasteiger partial charge in [-0.05, 0) is 37.1 Å². The average molecular weight is 306 g/mol. The predicted molar refractivity (Wildman–Crippen MR) is 77.3 cm³/mol. The van der Waals surface area contributed by atoms with Crippen LogP contribution in [0.5, 0.6) is 0 Å². The number of rotatable bonds is 0. The minimum absolute atomic E-state index is 0.190. The molecule has 0 amide bonds. The number of hydrogen-bond donors (Lipinski definition) is 0. The first-order chi connectivity index (χ1) is 8.43. The molecule has 0 bridgehead atoms. The molecule has 0 fully saturated rings. The van der Waals surface area contributed by atoms with E-state index in [0.717, 1.165) is 5.56 Å². The Kier molecular flexibility index (Phi) is 5.94. The highest BCUT2D eigenvalue weighted by atomic mass is 35.5. The minimum atomic E-state index is -0.320. The molecule has 0 unspecified atom stereocenters. The van der Waals surface area contributed by atoms with Crippen LogP contribution in [-0.2, 0) is 0 Å². The van der Waals surface area contributed by atoms with Crippen molar-refractivity contribution in [3.05, 3.63) is 68.4 Å². The third-order valence-corrected chi connectivity index (χ3v) is 3.49. The third kappa shape index (κ3) is 4.16. The highest BCUT2D eigenvalue weighted by molar-refractivity contribution is 6.42. The quantitative estimate of drug-likeness (QED) is 0.552. The van der Waals surface area contributed by atoms with Crippen LogP contribution in [0, 0.1) is 19.7 Å². The molecule has 0 aliphatic rings. The molecule has 0 aromatic heterocycles. The van der Waals surface area contributed by atoms with Crippen LogP contribution in [0.2, 0.25) is 15.1 Å². The maximum absolute atomic E-state index is 12.6. The van der Waals surface area contributed by atoms with Gasteiger partial charge in [-0.1, -0.05) is 59.1 Å². The molecule has 0 heterocycles. The van der Waals surface area contributed by atoms with Crippen molar-refractivity contribution in [1.82, 2.24) is 0 Å². The molecule has 2 rings (SSSR count). The van der Waals surface area contributed by atoms with Crippen LogP contribution >= 0.6 is 34.8 Å². The highest BCUT2D eigenvalue weighted by Crippen LogP contribution is 2.24. The molecule has 0 atom stereocenters. The van der Waals surface area contributed by atoms with Crippen molar-refractivity contribution >= 4 is 34.8 Å². The van der Waals surface area contributed by atoms with Gasteiger partial charge in [-0.2, -0.15) is 0 Å². The topological polar surface area (TPSA) is 0 Å². The average Bonchev–Trinajstić information content (AvgIpc) is 2.34. The summed E-state index contributed by atoms with van der Waals surface area (Å²) in [5.41, 5.74) is 1.60. The molecule has 0 spiro atoms. The van der Waals surface area contributed by atoms with E-state index in [1.165, 1.54) is 6.07 Å². The van der Waals surface area contributed by atoms with Crippen molar-refractivity contribution in [1.29, 1.82) is 0 Å². The molecule has 2 aromatic rings. The lowest BCUT2D eigenvalue weighted by atomic mass is 10.2. The molecule has 0 saturated carbocycles. The van der Waals surface area contributed by atoms with E-state index < -0.39 is 0 Å². The predicted octanol–water partition coefficient (Wildman–Crippen LogP) is 6.09. The van der Waals surface area contributed by atoms with Crippen LogP contribution in [0.15, 0.2) is 36.4 Å². The molecule has 4 heteroatoms. The lowest BCUT2D eigenvalue weighted by molar-refractivity contribution is 0.619. The van der Waals surface area contributed by atoms with E-state index in [1.54, 1.807) is 25.1 Å². The summed E-state index contributed by atoms with van der Waals surface area (Å²) in [5, 5.41) is 1.46. The van der Waals surface area contributed by atoms with Crippen LogP contribution in [0.25, 0.3) is 0 Å². The van der Waals surface area contributed by atoms with Gasteiger partial charge in [0.05, 0.1) is 15.1 Å². The van der Waals surface area contributed by atoms with Crippen LogP contribution in [0.4, 0.5) is 4.39 Å². The Labute approximate surface area is 121 Å². The molecule has 96 valence electrons. The molecule has 18 heavy (non-hydrogen) atoms. The maximum Gasteiger partial charge on any atom is 0.144 e. The molecule has 0 saturated heterocycles. The van der Waals surface area contributed by atoms with Gasteiger partial charge in [0.15, 0.2) is 0 Å². The summed E-state index contributed by atoms with van der Waals surface area (Å²) in [7, 11) is 0. The largest absolute Gasteiger partial charge is 0.205 e. The highest BCUT2D eigenvalue weighted by Gasteiger charge is 1.99. The fourth-order valence-corrected chi connectivity index (χ4v) is 1.79. The van der Waals surface area contributed by atoms with Crippen molar-refractivity contribution < 1.29 is 4.39 Å². The molecular formula is C14H12Cl3F. The van der Waals surface area contributed by atoms with Crippen molar-refractivity contribution in [3.63, 3.8) is 0 Å². The molecule has 0 aliphatic carbocycles. The molecule has 0 radical (unpaired) electrons. The summed E-state index contributed by atoms with van der Waals surface area (Å²) < 4.78 is 12.6. The summed E-state index contributed by atoms with van der Waals surface area (Å²) in [6.45, 7) is 3.61. The van der Waals surface area contributed by atoms with E-state index in [2.05, 4.69) is 0 Å². The fraction of sp³-hybridized carbons (Fsp3) is 0.143. The van der Waals surface area contributed by atoms with Gasteiger partial charge in [-0.3, -0.25) is 0 Å². The van der Waals surface area contributed by atoms with E-state index in [0.29, 0.717) is 15.6 Å². The fourth-order valence-electron chi connectivity index (χ4n) is 1.22. The van der Waals surface area contributed by atoms with Crippen molar-refractivity contribution in [2.45, 2.75) is 13.8 Å². The summed E-state index contributed by atoms with van der Waals surface area (Å²) in [5.74, 6) is -0.320. The zero-order chi connectivity index (χ0) is 13.7. The lowest BCUT2D eigenvalue weighted by Crippen LogP contribution is -1.80. The Morgan fingerprint density at radius 3 is 1.67 bits per heavy atom. The van der Waals surface area contributed by atoms with Gasteiger partial charge in [-0.15, -0.1) is 0 Å². The van der Waals surface area contributed by atoms with Gasteiger partial charge in [0.25, 0.3) is 0 Å². The summed E-state index contributed by atoms with van der Waals surface area (Å²) in [6.07, 6.45) is 0. The molecular weight excluding hydrogens is 294 g/mol. The number of halogens is 4. The van der Waals surface area contributed by atoms with Crippen molar-refractivity contribution in [2.75, 3.05) is 0 Å². The summed E-state index contributed by atoms with van der Waals surface area (Å²) >= 11 is 16.9. The summed E-state index contributed by atoms with van der Waals surface area (Å²) in [4.78, 5) is 0. The van der Waals surface area contributed by atoms with Crippen LogP contribution in [-0.4, -0.2) is 0 Å². The molecule has 0 aliphatic heterocycles. The van der Waals surface area contributed by atoms with Crippen LogP contribution in [0.3, 0.4) is 0 Å². The number of hydrogen-bond acceptors (Lipinski definition) is 0. The van der Waals surface area contributed by atoms with E-state index in [9.17, 15) is 4.39 Å². The Bertz CT molecular complexity index is 449. The Hall–Kier alpha value is -0.760. The van der Waals surface area contributed by atoms with Gasteiger partial charge in [0.2, 0.25) is 0 Å². The first kappa shape index (κ1) is 15.3. The lowest BCUT2D eigenvalue weighted by Gasteiger charge is -1.96. The van der Waals surface area contributed by atoms with Gasteiger partial charge >= 0.3 is 0 Å². The maximum atomic E-state index is 12.6. The van der Waals surface area contributed by atoms with Gasteiger partial charge < -0.3 is 0 Å². The van der Waals surface area contributed by atoms with E-state index in [4.69, 9.17) is 34.8 Å². The second-order valence-corrected chi connectivity index (χ2v) is 4.93. The van der Waals surface area contributed by atoms with E-state index in [-0.39, 0.29) is 10.8 Å². The number of aryl methyl sites for hydroxylation is 2. The van der Waals surface area contributed by atoms with E-state index in [1.807, 2.05) is 19.1 Å². The van der Waals surface area contributed by atoms with Gasteiger partial charge in [0.1, 0.15) is 5.82 Å². The summed E-state index contributed by atoms with van der Waals surface area (Å²) in [6, 6.07) is 10.5. The third-order valence-electron chi connectivity index (χ3n) is 2.29. The second-order valence-electron chi connectivity index (χ2n) is 3.74. The molecule has 0 N–H and O–H groups in total. The Morgan fingerprint density at radius 2 is 1.28 bits per heavy atom. The standard InChI is InChI=1S/C7H6Cl2.C7H6ClF/c2*1-5-3-2-4-6(8)7(5)9/h2*2-4H,1H3. The second kappa shape index (κ2) is 6.98. The zero-order valence-corrected chi connectivity index (χ0v) is 12.2. The SMILES string of the molecule is Cc1cccc(Cl)c1Cl.Cc1cccc(Cl)c1F. The van der Waals surface area contributed by atoms with Crippen LogP contribution < -0.4 is 0 Å². The normalized spacial score (nSPS) is 9.67. The first-order valence-corrected chi connectivity index (χ1v) is 6.38. The number of benzene rings is 2. The molecule has 0 nitrogen and oxygen atoms in total. The Morgan fingerprint density at radius 1 is 0.778 bits per heavy atom. The van der Waals surface area contributed by atoms with Crippen molar-refractivity contribution in [2.24, 2.45) is 0 Å². The molecule has 2 aromatic carbocycles. The van der Waals surface area contributed by atoms with E-state index >= 15 is 0 Å². The first-order valence-electron chi connectivity index (χ1n) is 5.24. The zero-order valence-electron chi connectivity index (χ0n) is 9.98. The van der Waals surface area contributed by atoms with Crippen molar-refractivity contribution in [3.8, 4) is 0 Å². The monoisotopic (exact) mass is 304 g/mol. The Balaban J connectivity index is 0.000000180. The minimum Gasteiger partial charge on any atom is -0.205 e. The smallest absolute Gasteiger partial charge is 0.144 e. The van der Waals surface area contributed by atoms with Crippen LogP contribution in [0.1, 0.15) is 11.1 Å². The van der Waals surface area contributed by atoms with Gasteiger partial charge in [-0.25, -0.2) is 4.39 Å².